The van der Waals surface area contributed by atoms with Crippen molar-refractivity contribution in [2.45, 2.75) is 260 Å². The molecule has 1 aromatic carbocycles. The molecule has 1 rings (SSSR count). The van der Waals surface area contributed by atoms with Crippen LogP contribution in [0, 0.1) is 11.8 Å². The molecule has 0 amide bonds. The van der Waals surface area contributed by atoms with Crippen molar-refractivity contribution in [3.63, 3.8) is 0 Å². The van der Waals surface area contributed by atoms with Crippen molar-refractivity contribution in [2.75, 3.05) is 57.6 Å². The summed E-state index contributed by atoms with van der Waals surface area (Å²) in [4.78, 5) is 46.1. The van der Waals surface area contributed by atoms with Crippen LogP contribution in [0.4, 0.5) is 11.4 Å². The predicted octanol–water partition coefficient (Wildman–Crippen LogP) is 14.6. The monoisotopic (exact) mass is 906 g/mol. The van der Waals surface area contributed by atoms with Crippen LogP contribution in [0.3, 0.4) is 0 Å². The van der Waals surface area contributed by atoms with Crippen LogP contribution in [0.1, 0.15) is 253 Å². The predicted molar refractivity (Wildman–Crippen MR) is 278 cm³/mol. The van der Waals surface area contributed by atoms with E-state index < -0.39 is 10.9 Å². The highest BCUT2D eigenvalue weighted by atomic mass is 16.5. The van der Waals surface area contributed by atoms with Gasteiger partial charge in [-0.15, -0.1) is 0 Å². The van der Waals surface area contributed by atoms with E-state index >= 15 is 0 Å². The maximum Gasteiger partial charge on any atom is 0.293 e. The van der Waals surface area contributed by atoms with Crippen LogP contribution in [-0.4, -0.2) is 70.7 Å². The van der Waals surface area contributed by atoms with Gasteiger partial charge in [0, 0.05) is 27.1 Å². The van der Waals surface area contributed by atoms with Gasteiger partial charge in [0.2, 0.25) is 0 Å². The molecule has 9 heteroatoms. The Balaban J connectivity index is 0. The fourth-order valence-electron chi connectivity index (χ4n) is 8.33. The average Bonchev–Trinajstić information content (AvgIpc) is 3.30. The number of aldehydes is 1. The molecule has 9 nitrogen and oxygen atoms in total. The number of hydrogen-bond acceptors (Lipinski definition) is 9. The quantitative estimate of drug-likeness (QED) is 0.0375. The van der Waals surface area contributed by atoms with Gasteiger partial charge in [-0.1, -0.05) is 202 Å². The van der Waals surface area contributed by atoms with E-state index in [1.54, 1.807) is 7.05 Å². The standard InChI is InChI=1S/C24H43N3O3.C18H38O.C13H26O2/c1-3-4-5-6-9-12-17-27(18-13-10-7-8-11-14-20-28)19-15-16-26-22-21(25-2)23(29)24(22)30;1-4-6-8-10-12-14-16-18(19-3)17-15-13-11-9-7-5-2;1-4-5-6-7-8-9-13(12(2)3)10-15-11-14/h20,25-26H,3-19H2,1-2H3;18H,4-17H2,1-3H3;11-13H,4-10H2,1-3H3. The summed E-state index contributed by atoms with van der Waals surface area (Å²) in [5.41, 5.74) is 0.0366. The van der Waals surface area contributed by atoms with Gasteiger partial charge in [-0.3, -0.25) is 14.4 Å². The first-order valence-corrected chi connectivity index (χ1v) is 27.2. The summed E-state index contributed by atoms with van der Waals surface area (Å²) in [7, 11) is 3.56. The SMILES string of the molecule is CCCCCCCC(COC=O)C(C)C.CCCCCCCCC(CCCCCCCC)OC.CCCCCCCCN(CCCCCCCC=O)CCCNc1c(NC)c(=O)c1=O. The molecule has 0 radical (unpaired) electrons. The maximum atomic E-state index is 11.6. The van der Waals surface area contributed by atoms with Crippen LogP contribution in [0.2, 0.25) is 0 Å². The average molecular weight is 906 g/mol. The molecular weight excluding hydrogens is 799 g/mol. The van der Waals surface area contributed by atoms with E-state index in [0.717, 1.165) is 45.2 Å². The van der Waals surface area contributed by atoms with Crippen LogP contribution in [0.5, 0.6) is 0 Å². The Morgan fingerprint density at radius 3 is 1.36 bits per heavy atom. The van der Waals surface area contributed by atoms with Crippen molar-refractivity contribution < 1.29 is 19.1 Å². The van der Waals surface area contributed by atoms with Crippen molar-refractivity contribution in [1.82, 2.24) is 4.90 Å². The Hall–Kier alpha value is -2.26. The molecule has 0 aliphatic rings. The van der Waals surface area contributed by atoms with Gasteiger partial charge in [-0.25, -0.2) is 0 Å². The molecule has 1 aromatic rings. The molecule has 0 fully saturated rings. The van der Waals surface area contributed by atoms with Crippen LogP contribution in [0.25, 0.3) is 0 Å². The van der Waals surface area contributed by atoms with Gasteiger partial charge in [-0.2, -0.15) is 0 Å². The second kappa shape index (κ2) is 50.2. The highest BCUT2D eigenvalue weighted by molar-refractivity contribution is 5.73. The molecule has 0 aromatic heterocycles. The number of rotatable bonds is 46. The van der Waals surface area contributed by atoms with Crippen molar-refractivity contribution in [1.29, 1.82) is 0 Å². The first-order valence-electron chi connectivity index (χ1n) is 27.2. The lowest BCUT2D eigenvalue weighted by atomic mass is 9.91. The molecule has 0 spiro atoms. The number of anilines is 2. The van der Waals surface area contributed by atoms with Gasteiger partial charge >= 0.3 is 0 Å². The Bertz CT molecular complexity index is 1170. The number of ether oxygens (including phenoxy) is 2. The lowest BCUT2D eigenvalue weighted by molar-refractivity contribution is -0.130. The van der Waals surface area contributed by atoms with Crippen LogP contribution in [0.15, 0.2) is 9.59 Å². The molecule has 378 valence electrons. The zero-order valence-corrected chi connectivity index (χ0v) is 43.7. The molecule has 0 aliphatic heterocycles. The smallest absolute Gasteiger partial charge is 0.293 e. The third-order valence-corrected chi connectivity index (χ3v) is 12.8. The van der Waals surface area contributed by atoms with Crippen LogP contribution in [-0.2, 0) is 19.1 Å². The molecule has 0 saturated heterocycles. The summed E-state index contributed by atoms with van der Waals surface area (Å²) in [5.74, 6) is 1.15. The number of methoxy groups -OCH3 is 1. The molecule has 1 atom stereocenters. The van der Waals surface area contributed by atoms with E-state index in [0.29, 0.717) is 55.4 Å². The molecule has 0 heterocycles. The van der Waals surface area contributed by atoms with Gasteiger partial charge in [-0.05, 0) is 76.4 Å². The fourth-order valence-corrected chi connectivity index (χ4v) is 8.33. The first-order chi connectivity index (χ1) is 31.2. The maximum absolute atomic E-state index is 11.6. The number of unbranched alkanes of at least 4 members (excludes halogenated alkanes) is 24. The topological polar surface area (TPSA) is 114 Å². The van der Waals surface area contributed by atoms with E-state index in [2.05, 4.69) is 57.1 Å². The molecule has 2 N–H and O–H groups in total. The second-order valence-electron chi connectivity index (χ2n) is 18.9. The second-order valence-corrected chi connectivity index (χ2v) is 18.9. The van der Waals surface area contributed by atoms with Gasteiger partial charge in [0.1, 0.15) is 17.7 Å². The van der Waals surface area contributed by atoms with E-state index in [4.69, 9.17) is 9.47 Å². The molecule has 0 bridgehead atoms. The highest BCUT2D eigenvalue weighted by Crippen LogP contribution is 2.20. The highest BCUT2D eigenvalue weighted by Gasteiger charge is 2.19. The van der Waals surface area contributed by atoms with Gasteiger partial charge in [0.05, 0.1) is 12.7 Å². The molecule has 0 aliphatic carbocycles. The van der Waals surface area contributed by atoms with Crippen LogP contribution >= 0.6 is 0 Å². The van der Waals surface area contributed by atoms with Gasteiger partial charge in [0.25, 0.3) is 17.3 Å². The normalized spacial score (nSPS) is 11.7. The minimum absolute atomic E-state index is 0.405. The summed E-state index contributed by atoms with van der Waals surface area (Å²) in [6, 6.07) is 0. The summed E-state index contributed by atoms with van der Waals surface area (Å²) in [5, 5.41) is 5.93. The van der Waals surface area contributed by atoms with Crippen molar-refractivity contribution in [2.24, 2.45) is 11.8 Å². The summed E-state index contributed by atoms with van der Waals surface area (Å²) < 4.78 is 10.5. The minimum atomic E-state index is -0.419. The zero-order chi connectivity index (χ0) is 47.7. The van der Waals surface area contributed by atoms with Crippen molar-refractivity contribution >= 4 is 24.1 Å². The third-order valence-electron chi connectivity index (χ3n) is 12.8. The lowest BCUT2D eigenvalue weighted by Crippen LogP contribution is -2.37. The van der Waals surface area contributed by atoms with Gasteiger partial charge in [0.15, 0.2) is 0 Å². The van der Waals surface area contributed by atoms with E-state index in [1.165, 1.54) is 186 Å². The number of nitrogens with zero attached hydrogens (tertiary/aromatic N) is 1. The largest absolute Gasteiger partial charge is 0.468 e. The number of carbonyl (C=O) groups excluding carboxylic acids is 2. The van der Waals surface area contributed by atoms with E-state index in [9.17, 15) is 19.2 Å². The number of hydrogen-bond donors (Lipinski definition) is 2. The van der Waals surface area contributed by atoms with Crippen LogP contribution < -0.4 is 21.5 Å². The third kappa shape index (κ3) is 39.0. The van der Waals surface area contributed by atoms with Gasteiger partial charge < -0.3 is 29.8 Å². The zero-order valence-electron chi connectivity index (χ0n) is 43.7. The van der Waals surface area contributed by atoms with E-state index in [-0.39, 0.29) is 0 Å². The Morgan fingerprint density at radius 2 is 0.938 bits per heavy atom. The minimum Gasteiger partial charge on any atom is -0.468 e. The summed E-state index contributed by atoms with van der Waals surface area (Å²) in [6.07, 6.45) is 43.8. The fraction of sp³-hybridized carbons (Fsp3) is 0.891. The Labute approximate surface area is 396 Å². The van der Waals surface area contributed by atoms with E-state index in [1.807, 2.05) is 7.11 Å². The van der Waals surface area contributed by atoms with Crippen molar-refractivity contribution in [3.05, 3.63) is 20.4 Å². The summed E-state index contributed by atoms with van der Waals surface area (Å²) >= 11 is 0. The molecule has 1 unspecified atom stereocenters. The summed E-state index contributed by atoms with van der Waals surface area (Å²) in [6.45, 7) is 18.6. The number of carbonyl (C=O) groups is 2. The Kier molecular flexibility index (Phi) is 50.0. The molecular formula is C55H107N3O6. The number of nitrogens with one attached hydrogen (secondary N) is 2. The molecule has 64 heavy (non-hydrogen) atoms. The van der Waals surface area contributed by atoms with Crippen molar-refractivity contribution in [3.8, 4) is 0 Å². The lowest BCUT2D eigenvalue weighted by Gasteiger charge is -2.23. The molecule has 0 saturated carbocycles. The first kappa shape index (κ1) is 63.8. The Morgan fingerprint density at radius 1 is 0.531 bits per heavy atom.